The molecule has 0 radical (unpaired) electrons. The number of rotatable bonds is 3. The van der Waals surface area contributed by atoms with Gasteiger partial charge in [-0.15, -0.1) is 0 Å². The number of hydrogen-bond acceptors (Lipinski definition) is 4. The van der Waals surface area contributed by atoms with Crippen molar-refractivity contribution in [1.29, 1.82) is 0 Å². The smallest absolute Gasteiger partial charge is 0.256 e. The second-order valence-electron chi connectivity index (χ2n) is 4.74. The van der Waals surface area contributed by atoms with Crippen molar-refractivity contribution in [3.8, 4) is 0 Å². The van der Waals surface area contributed by atoms with E-state index in [2.05, 4.69) is 15.4 Å². The van der Waals surface area contributed by atoms with E-state index >= 15 is 0 Å². The van der Waals surface area contributed by atoms with Crippen LogP contribution in [0.3, 0.4) is 0 Å². The Morgan fingerprint density at radius 3 is 2.90 bits per heavy atom. The lowest BCUT2D eigenvalue weighted by molar-refractivity contribution is 0.0952. The molecule has 0 fully saturated rings. The van der Waals surface area contributed by atoms with Crippen molar-refractivity contribution in [1.82, 2.24) is 20.1 Å². The fourth-order valence-corrected chi connectivity index (χ4v) is 2.20. The Morgan fingerprint density at radius 2 is 2.14 bits per heavy atom. The maximum atomic E-state index is 12.1. The van der Waals surface area contributed by atoms with Crippen molar-refractivity contribution in [3.05, 3.63) is 53.9 Å². The molecule has 3 rings (SSSR count). The van der Waals surface area contributed by atoms with Gasteiger partial charge in [0, 0.05) is 25.2 Å². The van der Waals surface area contributed by atoms with E-state index < -0.39 is 0 Å². The van der Waals surface area contributed by atoms with Gasteiger partial charge in [-0.05, 0) is 11.6 Å². The number of benzene rings is 1. The quantitative estimate of drug-likeness (QED) is 0.761. The van der Waals surface area contributed by atoms with Crippen molar-refractivity contribution in [2.75, 3.05) is 5.73 Å². The van der Waals surface area contributed by atoms with Crippen LogP contribution >= 0.6 is 0 Å². The summed E-state index contributed by atoms with van der Waals surface area (Å²) in [6.07, 6.45) is 3.21. The zero-order valence-corrected chi connectivity index (χ0v) is 11.6. The molecule has 21 heavy (non-hydrogen) atoms. The van der Waals surface area contributed by atoms with Crippen LogP contribution in [-0.4, -0.2) is 20.7 Å². The molecule has 0 aliphatic rings. The number of fused-ring (bicyclic) bond motifs is 1. The molecule has 0 spiro atoms. The predicted molar refractivity (Wildman–Crippen MR) is 80.5 cm³/mol. The van der Waals surface area contributed by atoms with E-state index in [4.69, 9.17) is 5.73 Å². The number of nitrogens with two attached hydrogens (primary N) is 1. The van der Waals surface area contributed by atoms with E-state index in [9.17, 15) is 4.79 Å². The van der Waals surface area contributed by atoms with E-state index in [1.165, 1.54) is 10.9 Å². The zero-order valence-electron chi connectivity index (χ0n) is 11.6. The van der Waals surface area contributed by atoms with Crippen molar-refractivity contribution in [2.24, 2.45) is 7.05 Å². The number of para-hydroxylation sites is 1. The Morgan fingerprint density at radius 1 is 1.33 bits per heavy atom. The van der Waals surface area contributed by atoms with Crippen molar-refractivity contribution >= 4 is 22.6 Å². The Hall–Kier alpha value is -2.89. The van der Waals surface area contributed by atoms with Crippen LogP contribution in [0.5, 0.6) is 0 Å². The van der Waals surface area contributed by atoms with Crippen LogP contribution in [0.15, 0.2) is 42.7 Å². The number of hydrogen-bond donors (Lipinski definition) is 2. The summed E-state index contributed by atoms with van der Waals surface area (Å²) in [5.41, 5.74) is 8.02. The first kappa shape index (κ1) is 13.1. The second kappa shape index (κ2) is 5.24. The molecule has 2 aromatic heterocycles. The van der Waals surface area contributed by atoms with Gasteiger partial charge in [-0.2, -0.15) is 5.10 Å². The summed E-state index contributed by atoms with van der Waals surface area (Å²) in [5.74, 6) is 0.108. The normalized spacial score (nSPS) is 10.7. The number of pyridine rings is 1. The summed E-state index contributed by atoms with van der Waals surface area (Å²) < 4.78 is 1.47. The summed E-state index contributed by atoms with van der Waals surface area (Å²) in [7, 11) is 1.70. The molecule has 0 saturated carbocycles. The number of aryl methyl sites for hydroxylation is 1. The molecular formula is C15H15N5O. The lowest BCUT2D eigenvalue weighted by atomic mass is 10.1. The average molecular weight is 281 g/mol. The fraction of sp³-hybridized carbons (Fsp3) is 0.133. The van der Waals surface area contributed by atoms with Gasteiger partial charge in [0.1, 0.15) is 11.4 Å². The van der Waals surface area contributed by atoms with E-state index in [0.717, 1.165) is 16.5 Å². The van der Waals surface area contributed by atoms with Crippen LogP contribution < -0.4 is 11.1 Å². The zero-order chi connectivity index (χ0) is 14.8. The van der Waals surface area contributed by atoms with Crippen LogP contribution in [0.1, 0.15) is 15.9 Å². The molecule has 0 unspecified atom stereocenters. The number of nitrogen functional groups attached to an aromatic ring is 1. The van der Waals surface area contributed by atoms with Crippen LogP contribution in [0.25, 0.3) is 10.9 Å². The molecule has 6 nitrogen and oxygen atoms in total. The Kier molecular flexibility index (Phi) is 3.27. The highest BCUT2D eigenvalue weighted by atomic mass is 16.1. The Balaban J connectivity index is 1.81. The van der Waals surface area contributed by atoms with Crippen molar-refractivity contribution in [2.45, 2.75) is 6.54 Å². The summed E-state index contributed by atoms with van der Waals surface area (Å²) in [5, 5.41) is 7.86. The lowest BCUT2D eigenvalue weighted by Crippen LogP contribution is -2.23. The maximum absolute atomic E-state index is 12.1. The third kappa shape index (κ3) is 2.43. The summed E-state index contributed by atoms with van der Waals surface area (Å²) in [6, 6.07) is 9.77. The third-order valence-corrected chi connectivity index (χ3v) is 3.38. The van der Waals surface area contributed by atoms with E-state index in [1.807, 2.05) is 30.3 Å². The number of aromatic nitrogens is 3. The first-order valence-electron chi connectivity index (χ1n) is 6.55. The minimum Gasteiger partial charge on any atom is -0.383 e. The van der Waals surface area contributed by atoms with Crippen molar-refractivity contribution < 1.29 is 4.79 Å². The number of carbonyl (C=O) groups is 1. The molecular weight excluding hydrogens is 266 g/mol. The topological polar surface area (TPSA) is 85.8 Å². The third-order valence-electron chi connectivity index (χ3n) is 3.38. The Bertz CT molecular complexity index is 803. The number of carbonyl (C=O) groups excluding carboxylic acids is 1. The second-order valence-corrected chi connectivity index (χ2v) is 4.74. The highest BCUT2D eigenvalue weighted by Gasteiger charge is 2.13. The molecule has 0 bridgehead atoms. The molecule has 106 valence electrons. The summed E-state index contributed by atoms with van der Waals surface area (Å²) >= 11 is 0. The first-order chi connectivity index (χ1) is 10.2. The van der Waals surface area contributed by atoms with Gasteiger partial charge in [0.2, 0.25) is 0 Å². The SMILES string of the molecule is Cn1ncc(C(=O)NCc2cccc3cccnc23)c1N. The molecule has 0 atom stereocenters. The van der Waals surface area contributed by atoms with Crippen molar-refractivity contribution in [3.63, 3.8) is 0 Å². The minimum absolute atomic E-state index is 0.242. The molecule has 2 heterocycles. The number of nitrogens with zero attached hydrogens (tertiary/aromatic N) is 3. The number of nitrogens with one attached hydrogen (secondary N) is 1. The average Bonchev–Trinajstić information content (AvgIpc) is 2.84. The van der Waals surface area contributed by atoms with Gasteiger partial charge in [0.25, 0.3) is 5.91 Å². The van der Waals surface area contributed by atoms with Gasteiger partial charge in [-0.25, -0.2) is 0 Å². The van der Waals surface area contributed by atoms with Crippen LogP contribution in [0.2, 0.25) is 0 Å². The first-order valence-corrected chi connectivity index (χ1v) is 6.55. The van der Waals surface area contributed by atoms with Gasteiger partial charge < -0.3 is 11.1 Å². The van der Waals surface area contributed by atoms with Gasteiger partial charge in [-0.1, -0.05) is 24.3 Å². The van der Waals surface area contributed by atoms with E-state index in [0.29, 0.717) is 17.9 Å². The molecule has 3 N–H and O–H groups in total. The number of anilines is 1. The van der Waals surface area contributed by atoms with Crippen LogP contribution in [0.4, 0.5) is 5.82 Å². The number of amides is 1. The molecule has 0 saturated heterocycles. The van der Waals surface area contributed by atoms with Gasteiger partial charge in [0.15, 0.2) is 0 Å². The molecule has 1 amide bonds. The van der Waals surface area contributed by atoms with E-state index in [1.54, 1.807) is 13.2 Å². The highest BCUT2D eigenvalue weighted by molar-refractivity contribution is 5.98. The van der Waals surface area contributed by atoms with Gasteiger partial charge in [-0.3, -0.25) is 14.5 Å². The molecule has 1 aromatic carbocycles. The van der Waals surface area contributed by atoms with E-state index in [-0.39, 0.29) is 5.91 Å². The molecule has 3 aromatic rings. The Labute approximate surface area is 121 Å². The molecule has 0 aliphatic carbocycles. The summed E-state index contributed by atoms with van der Waals surface area (Å²) in [4.78, 5) is 16.5. The monoisotopic (exact) mass is 281 g/mol. The minimum atomic E-state index is -0.242. The molecule has 6 heteroatoms. The van der Waals surface area contributed by atoms with Gasteiger partial charge >= 0.3 is 0 Å². The summed E-state index contributed by atoms with van der Waals surface area (Å²) in [6.45, 7) is 0.390. The molecule has 0 aliphatic heterocycles. The van der Waals surface area contributed by atoms with Crippen LogP contribution in [-0.2, 0) is 13.6 Å². The largest absolute Gasteiger partial charge is 0.383 e. The predicted octanol–water partition coefficient (Wildman–Crippen LogP) is 1.48. The van der Waals surface area contributed by atoms with Crippen LogP contribution in [0, 0.1) is 0 Å². The van der Waals surface area contributed by atoms with Gasteiger partial charge in [0.05, 0.1) is 11.7 Å². The standard InChI is InChI=1S/C15H15N5O/c1-20-14(16)12(9-19-20)15(21)18-8-11-5-2-4-10-6-3-7-17-13(10)11/h2-7,9H,8,16H2,1H3,(H,18,21). The maximum Gasteiger partial charge on any atom is 0.256 e. The lowest BCUT2D eigenvalue weighted by Gasteiger charge is -2.07. The highest BCUT2D eigenvalue weighted by Crippen LogP contribution is 2.16. The fourth-order valence-electron chi connectivity index (χ4n) is 2.20.